The highest BCUT2D eigenvalue weighted by atomic mass is 35.5. The number of halogens is 1. The zero-order valence-electron chi connectivity index (χ0n) is 9.28. The number of nitrogens with zero attached hydrogens (tertiary/aromatic N) is 2. The Labute approximate surface area is 96.3 Å². The zero-order valence-corrected chi connectivity index (χ0v) is 10.0. The number of rotatable bonds is 4. The van der Waals surface area contributed by atoms with Crippen LogP contribution in [-0.2, 0) is 0 Å². The summed E-state index contributed by atoms with van der Waals surface area (Å²) in [5.74, 6) is 0.888. The Morgan fingerprint density at radius 1 is 1.53 bits per heavy atom. The van der Waals surface area contributed by atoms with Gasteiger partial charge in [0.05, 0.1) is 0 Å². The fourth-order valence-electron chi connectivity index (χ4n) is 1.76. The van der Waals surface area contributed by atoms with Crippen LogP contribution in [0.3, 0.4) is 0 Å². The molecule has 0 N–H and O–H groups in total. The highest BCUT2D eigenvalue weighted by Gasteiger charge is 2.25. The van der Waals surface area contributed by atoms with Crippen LogP contribution in [0.25, 0.3) is 0 Å². The summed E-state index contributed by atoms with van der Waals surface area (Å²) in [5.41, 5.74) is 1.19. The van der Waals surface area contributed by atoms with E-state index in [2.05, 4.69) is 23.7 Å². The van der Waals surface area contributed by atoms with Crippen LogP contribution < -0.4 is 4.90 Å². The molecule has 0 aromatic carbocycles. The molecule has 3 heteroatoms. The first-order valence-corrected chi connectivity index (χ1v) is 5.93. The van der Waals surface area contributed by atoms with Crippen molar-refractivity contribution in [2.75, 3.05) is 11.4 Å². The van der Waals surface area contributed by atoms with Gasteiger partial charge in [-0.2, -0.15) is 0 Å². The van der Waals surface area contributed by atoms with Crippen LogP contribution in [-0.4, -0.2) is 17.6 Å². The first-order valence-electron chi connectivity index (χ1n) is 5.55. The van der Waals surface area contributed by atoms with Crippen molar-refractivity contribution in [2.24, 2.45) is 5.92 Å². The second-order valence-electron chi connectivity index (χ2n) is 4.53. The minimum absolute atomic E-state index is 0.518. The lowest BCUT2D eigenvalue weighted by molar-refractivity contribution is 0.644. The summed E-state index contributed by atoms with van der Waals surface area (Å²) in [5, 5.41) is 0.578. The zero-order chi connectivity index (χ0) is 10.8. The summed E-state index contributed by atoms with van der Waals surface area (Å²) < 4.78 is 0. The monoisotopic (exact) mass is 224 g/mol. The van der Waals surface area contributed by atoms with Crippen LogP contribution in [0.1, 0.15) is 26.7 Å². The third kappa shape index (κ3) is 2.85. The van der Waals surface area contributed by atoms with Crippen molar-refractivity contribution in [3.8, 4) is 0 Å². The smallest absolute Gasteiger partial charge is 0.131 e. The Kier molecular flexibility index (Phi) is 3.15. The maximum absolute atomic E-state index is 5.91. The van der Waals surface area contributed by atoms with Crippen LogP contribution in [0.5, 0.6) is 0 Å². The molecule has 1 heterocycles. The van der Waals surface area contributed by atoms with E-state index in [1.54, 1.807) is 6.20 Å². The van der Waals surface area contributed by atoms with Gasteiger partial charge in [0.1, 0.15) is 5.15 Å². The molecular weight excluding hydrogens is 208 g/mol. The van der Waals surface area contributed by atoms with E-state index < -0.39 is 0 Å². The maximum atomic E-state index is 5.91. The fourth-order valence-corrected chi connectivity index (χ4v) is 1.93. The molecule has 0 atom stereocenters. The Morgan fingerprint density at radius 2 is 2.27 bits per heavy atom. The van der Waals surface area contributed by atoms with E-state index in [0.29, 0.717) is 11.2 Å². The number of pyridine rings is 1. The van der Waals surface area contributed by atoms with Gasteiger partial charge in [-0.15, -0.1) is 0 Å². The Morgan fingerprint density at radius 3 is 2.80 bits per heavy atom. The van der Waals surface area contributed by atoms with E-state index in [1.807, 2.05) is 12.1 Å². The topological polar surface area (TPSA) is 16.1 Å². The molecule has 1 aliphatic carbocycles. The van der Waals surface area contributed by atoms with Crippen LogP contribution in [0.4, 0.5) is 5.69 Å². The molecule has 1 aromatic heterocycles. The summed E-state index contributed by atoms with van der Waals surface area (Å²) in [6.45, 7) is 5.59. The quantitative estimate of drug-likeness (QED) is 0.730. The predicted octanol–water partition coefficient (Wildman–Crippen LogP) is 3.36. The van der Waals surface area contributed by atoms with Crippen molar-refractivity contribution in [2.45, 2.75) is 32.7 Å². The summed E-state index contributed by atoms with van der Waals surface area (Å²) >= 11 is 5.91. The van der Waals surface area contributed by atoms with E-state index in [-0.39, 0.29) is 0 Å². The summed E-state index contributed by atoms with van der Waals surface area (Å²) in [4.78, 5) is 6.42. The lowest BCUT2D eigenvalue weighted by Gasteiger charge is -2.29. The number of hydrogen-bond donors (Lipinski definition) is 0. The van der Waals surface area contributed by atoms with Crippen molar-refractivity contribution in [3.05, 3.63) is 23.5 Å². The van der Waals surface area contributed by atoms with E-state index in [1.165, 1.54) is 18.5 Å². The molecule has 0 amide bonds. The average Bonchev–Trinajstić information content (AvgIpc) is 2.97. The molecule has 0 radical (unpaired) electrons. The van der Waals surface area contributed by atoms with Gasteiger partial charge in [-0.25, -0.2) is 4.98 Å². The van der Waals surface area contributed by atoms with Crippen molar-refractivity contribution in [1.82, 2.24) is 4.98 Å². The van der Waals surface area contributed by atoms with Gasteiger partial charge in [0.2, 0.25) is 0 Å². The minimum atomic E-state index is 0.518. The summed E-state index contributed by atoms with van der Waals surface area (Å²) in [7, 11) is 0. The van der Waals surface area contributed by atoms with Gasteiger partial charge >= 0.3 is 0 Å². The Bertz CT molecular complexity index is 334. The van der Waals surface area contributed by atoms with Crippen molar-refractivity contribution < 1.29 is 0 Å². The maximum Gasteiger partial charge on any atom is 0.131 e. The minimum Gasteiger partial charge on any atom is -0.369 e. The van der Waals surface area contributed by atoms with Crippen molar-refractivity contribution >= 4 is 17.3 Å². The molecule has 1 aliphatic rings. The molecule has 2 rings (SSSR count). The lowest BCUT2D eigenvalue weighted by Crippen LogP contribution is -2.32. The lowest BCUT2D eigenvalue weighted by atomic mass is 10.2. The van der Waals surface area contributed by atoms with Crippen LogP contribution >= 0.6 is 11.6 Å². The van der Waals surface area contributed by atoms with Gasteiger partial charge in [-0.3, -0.25) is 0 Å². The summed E-state index contributed by atoms with van der Waals surface area (Å²) in [6.07, 6.45) is 4.53. The number of hydrogen-bond acceptors (Lipinski definition) is 2. The Balaban J connectivity index is 2.15. The van der Waals surface area contributed by atoms with Gasteiger partial charge in [0, 0.05) is 24.5 Å². The van der Waals surface area contributed by atoms with Gasteiger partial charge in [-0.05, 0) is 44.7 Å². The fraction of sp³-hybridized carbons (Fsp3) is 0.583. The first kappa shape index (κ1) is 10.7. The SMILES string of the molecule is CC(C)N(CC1CC1)c1ccnc(Cl)c1. The largest absolute Gasteiger partial charge is 0.369 e. The van der Waals surface area contributed by atoms with Crippen LogP contribution in [0.2, 0.25) is 5.15 Å². The van der Waals surface area contributed by atoms with E-state index in [0.717, 1.165) is 12.5 Å². The number of aromatic nitrogens is 1. The molecule has 0 aliphatic heterocycles. The molecule has 0 spiro atoms. The van der Waals surface area contributed by atoms with E-state index in [4.69, 9.17) is 11.6 Å². The van der Waals surface area contributed by atoms with Crippen LogP contribution in [0.15, 0.2) is 18.3 Å². The molecule has 0 saturated heterocycles. The van der Waals surface area contributed by atoms with Gasteiger partial charge in [0.15, 0.2) is 0 Å². The highest BCUT2D eigenvalue weighted by molar-refractivity contribution is 6.29. The Hall–Kier alpha value is -0.760. The molecule has 2 nitrogen and oxygen atoms in total. The normalized spacial score (nSPS) is 15.7. The third-order valence-corrected chi connectivity index (χ3v) is 3.02. The molecule has 15 heavy (non-hydrogen) atoms. The number of anilines is 1. The summed E-state index contributed by atoms with van der Waals surface area (Å²) in [6, 6.07) is 4.50. The van der Waals surface area contributed by atoms with Crippen LogP contribution in [0, 0.1) is 5.92 Å². The third-order valence-electron chi connectivity index (χ3n) is 2.82. The molecule has 0 bridgehead atoms. The molecule has 1 saturated carbocycles. The van der Waals surface area contributed by atoms with Gasteiger partial charge < -0.3 is 4.90 Å². The second kappa shape index (κ2) is 4.40. The molecule has 82 valence electrons. The van der Waals surface area contributed by atoms with E-state index >= 15 is 0 Å². The van der Waals surface area contributed by atoms with Gasteiger partial charge in [0.25, 0.3) is 0 Å². The standard InChI is InChI=1S/C12H17ClN2/c1-9(2)15(8-10-3-4-10)11-5-6-14-12(13)7-11/h5-7,9-10H,3-4,8H2,1-2H3. The van der Waals surface area contributed by atoms with Crippen molar-refractivity contribution in [3.63, 3.8) is 0 Å². The van der Waals surface area contributed by atoms with Crippen molar-refractivity contribution in [1.29, 1.82) is 0 Å². The second-order valence-corrected chi connectivity index (χ2v) is 4.91. The molecule has 0 unspecified atom stereocenters. The van der Waals surface area contributed by atoms with E-state index in [9.17, 15) is 0 Å². The predicted molar refractivity (Wildman–Crippen MR) is 64.5 cm³/mol. The average molecular weight is 225 g/mol. The molecular formula is C12H17ClN2. The molecule has 1 aromatic rings. The van der Waals surface area contributed by atoms with Gasteiger partial charge in [-0.1, -0.05) is 11.6 Å². The first-order chi connectivity index (χ1) is 7.16. The highest BCUT2D eigenvalue weighted by Crippen LogP contribution is 2.32. The molecule has 1 fully saturated rings.